The summed E-state index contributed by atoms with van der Waals surface area (Å²) < 4.78 is 11.4. The SMILES string of the molecule is Cc1cccc(N2CCN(CCOC[C@@H]3CCCO3)[C@@H](C)C2)n1. The predicted molar refractivity (Wildman–Crippen MR) is 92.0 cm³/mol. The Bertz CT molecular complexity index is 491. The number of aryl methyl sites for hydroxylation is 1. The molecular weight excluding hydrogens is 290 g/mol. The molecule has 3 rings (SSSR count). The van der Waals surface area contributed by atoms with E-state index in [0.29, 0.717) is 12.1 Å². The highest BCUT2D eigenvalue weighted by Crippen LogP contribution is 2.17. The van der Waals surface area contributed by atoms with Gasteiger partial charge in [0.05, 0.1) is 19.3 Å². The van der Waals surface area contributed by atoms with E-state index >= 15 is 0 Å². The number of ether oxygens (including phenoxy) is 2. The van der Waals surface area contributed by atoms with Crippen molar-refractivity contribution in [2.45, 2.75) is 38.8 Å². The lowest BCUT2D eigenvalue weighted by Crippen LogP contribution is -2.53. The summed E-state index contributed by atoms with van der Waals surface area (Å²) in [5.41, 5.74) is 1.08. The Kier molecular flexibility index (Phi) is 5.86. The van der Waals surface area contributed by atoms with Crippen LogP contribution in [0, 0.1) is 6.92 Å². The van der Waals surface area contributed by atoms with Crippen molar-refractivity contribution in [3.63, 3.8) is 0 Å². The molecule has 0 bridgehead atoms. The number of hydrogen-bond acceptors (Lipinski definition) is 5. The fourth-order valence-corrected chi connectivity index (χ4v) is 3.41. The van der Waals surface area contributed by atoms with Crippen molar-refractivity contribution in [1.29, 1.82) is 0 Å². The van der Waals surface area contributed by atoms with Crippen LogP contribution in [0.25, 0.3) is 0 Å². The third-order valence-corrected chi connectivity index (χ3v) is 4.81. The summed E-state index contributed by atoms with van der Waals surface area (Å²) in [5, 5.41) is 0. The van der Waals surface area contributed by atoms with Crippen molar-refractivity contribution in [3.8, 4) is 0 Å². The van der Waals surface area contributed by atoms with Crippen molar-refractivity contribution in [2.75, 3.05) is 50.9 Å². The van der Waals surface area contributed by atoms with E-state index in [1.807, 2.05) is 0 Å². The van der Waals surface area contributed by atoms with Crippen LogP contribution in [0.2, 0.25) is 0 Å². The highest BCUT2D eigenvalue weighted by molar-refractivity contribution is 5.40. The van der Waals surface area contributed by atoms with Crippen molar-refractivity contribution in [1.82, 2.24) is 9.88 Å². The van der Waals surface area contributed by atoms with Gasteiger partial charge in [-0.15, -0.1) is 0 Å². The second kappa shape index (κ2) is 8.08. The molecule has 5 nitrogen and oxygen atoms in total. The summed E-state index contributed by atoms with van der Waals surface area (Å²) in [4.78, 5) is 9.55. The maximum Gasteiger partial charge on any atom is 0.128 e. The van der Waals surface area contributed by atoms with Gasteiger partial charge in [-0.1, -0.05) is 6.07 Å². The first-order valence-corrected chi connectivity index (χ1v) is 8.84. The van der Waals surface area contributed by atoms with Gasteiger partial charge in [0.2, 0.25) is 0 Å². The van der Waals surface area contributed by atoms with Gasteiger partial charge < -0.3 is 14.4 Å². The summed E-state index contributed by atoms with van der Waals surface area (Å²) >= 11 is 0. The molecule has 1 aromatic heterocycles. The monoisotopic (exact) mass is 319 g/mol. The lowest BCUT2D eigenvalue weighted by Gasteiger charge is -2.40. The van der Waals surface area contributed by atoms with Crippen molar-refractivity contribution < 1.29 is 9.47 Å². The Morgan fingerprint density at radius 1 is 1.35 bits per heavy atom. The third-order valence-electron chi connectivity index (χ3n) is 4.81. The van der Waals surface area contributed by atoms with Gasteiger partial charge in [0.1, 0.15) is 5.82 Å². The summed E-state index contributed by atoms with van der Waals surface area (Å²) in [6.45, 7) is 10.9. The normalized spacial score (nSPS) is 25.9. The molecule has 0 aromatic carbocycles. The summed E-state index contributed by atoms with van der Waals surface area (Å²) in [7, 11) is 0. The first-order chi connectivity index (χ1) is 11.2. The number of rotatable bonds is 6. The van der Waals surface area contributed by atoms with Crippen molar-refractivity contribution >= 4 is 5.82 Å². The Morgan fingerprint density at radius 2 is 2.26 bits per heavy atom. The Hall–Kier alpha value is -1.17. The van der Waals surface area contributed by atoms with E-state index in [-0.39, 0.29) is 0 Å². The first-order valence-electron chi connectivity index (χ1n) is 8.84. The molecule has 0 saturated carbocycles. The van der Waals surface area contributed by atoms with Crippen LogP contribution in [-0.2, 0) is 9.47 Å². The molecule has 2 atom stereocenters. The van der Waals surface area contributed by atoms with E-state index in [4.69, 9.17) is 9.47 Å². The number of piperazine rings is 1. The van der Waals surface area contributed by atoms with Gasteiger partial charge in [-0.25, -0.2) is 4.98 Å². The van der Waals surface area contributed by atoms with Crippen LogP contribution in [-0.4, -0.2) is 68.0 Å². The molecule has 3 heterocycles. The van der Waals surface area contributed by atoms with E-state index in [1.165, 1.54) is 6.42 Å². The minimum Gasteiger partial charge on any atom is -0.377 e. The van der Waals surface area contributed by atoms with E-state index < -0.39 is 0 Å². The minimum absolute atomic E-state index is 0.330. The molecule has 1 aromatic rings. The quantitative estimate of drug-likeness (QED) is 0.751. The van der Waals surface area contributed by atoms with E-state index in [9.17, 15) is 0 Å². The molecule has 0 amide bonds. The molecule has 0 aliphatic carbocycles. The van der Waals surface area contributed by atoms with Gasteiger partial charge in [-0.2, -0.15) is 0 Å². The minimum atomic E-state index is 0.330. The largest absolute Gasteiger partial charge is 0.377 e. The van der Waals surface area contributed by atoms with Crippen LogP contribution < -0.4 is 4.90 Å². The molecule has 2 fully saturated rings. The second-order valence-electron chi connectivity index (χ2n) is 6.68. The van der Waals surface area contributed by atoms with E-state index in [2.05, 4.69) is 46.8 Å². The van der Waals surface area contributed by atoms with Gasteiger partial charge in [-0.3, -0.25) is 4.90 Å². The maximum atomic E-state index is 5.80. The topological polar surface area (TPSA) is 37.8 Å². The smallest absolute Gasteiger partial charge is 0.128 e. The van der Waals surface area contributed by atoms with Crippen LogP contribution in [0.5, 0.6) is 0 Å². The van der Waals surface area contributed by atoms with Crippen LogP contribution in [0.4, 0.5) is 5.82 Å². The molecule has 2 aliphatic rings. The number of hydrogen-bond donors (Lipinski definition) is 0. The Labute approximate surface area is 139 Å². The fraction of sp³-hybridized carbons (Fsp3) is 0.722. The van der Waals surface area contributed by atoms with Crippen LogP contribution in [0.1, 0.15) is 25.5 Å². The molecule has 5 heteroatoms. The van der Waals surface area contributed by atoms with Crippen LogP contribution in [0.3, 0.4) is 0 Å². The maximum absolute atomic E-state index is 5.80. The number of anilines is 1. The Balaban J connectivity index is 1.40. The number of nitrogens with zero attached hydrogens (tertiary/aromatic N) is 3. The molecule has 0 unspecified atom stereocenters. The van der Waals surface area contributed by atoms with Crippen molar-refractivity contribution in [3.05, 3.63) is 23.9 Å². The average Bonchev–Trinajstić information content (AvgIpc) is 3.06. The van der Waals surface area contributed by atoms with Gasteiger partial charge in [-0.05, 0) is 38.8 Å². The first kappa shape index (κ1) is 16.7. The number of pyridine rings is 1. The average molecular weight is 319 g/mol. The molecule has 128 valence electrons. The van der Waals surface area contributed by atoms with E-state index in [0.717, 1.165) is 63.9 Å². The van der Waals surface area contributed by atoms with E-state index in [1.54, 1.807) is 0 Å². The predicted octanol–water partition coefficient (Wildman–Crippen LogP) is 2.10. The highest BCUT2D eigenvalue weighted by atomic mass is 16.5. The van der Waals surface area contributed by atoms with Gasteiger partial charge in [0.15, 0.2) is 0 Å². The molecule has 0 spiro atoms. The standard InChI is InChI=1S/C18H29N3O2/c1-15-5-3-7-18(19-15)21-9-8-20(16(2)13-21)10-12-22-14-17-6-4-11-23-17/h3,5,7,16-17H,4,6,8-14H2,1-2H3/t16-,17-/m0/s1. The third kappa shape index (κ3) is 4.66. The van der Waals surface area contributed by atoms with Gasteiger partial charge in [0, 0.05) is 44.5 Å². The molecule has 2 aliphatic heterocycles. The molecular formula is C18H29N3O2. The summed E-state index contributed by atoms with van der Waals surface area (Å²) in [6, 6.07) is 6.78. The highest BCUT2D eigenvalue weighted by Gasteiger charge is 2.24. The zero-order chi connectivity index (χ0) is 16.1. The van der Waals surface area contributed by atoms with Crippen LogP contribution in [0.15, 0.2) is 18.2 Å². The molecule has 23 heavy (non-hydrogen) atoms. The van der Waals surface area contributed by atoms with Crippen molar-refractivity contribution in [2.24, 2.45) is 0 Å². The number of aromatic nitrogens is 1. The lowest BCUT2D eigenvalue weighted by molar-refractivity contribution is 0.00680. The molecule has 2 saturated heterocycles. The molecule has 0 N–H and O–H groups in total. The summed E-state index contributed by atoms with van der Waals surface area (Å²) in [6.07, 6.45) is 2.66. The molecule has 0 radical (unpaired) electrons. The summed E-state index contributed by atoms with van der Waals surface area (Å²) in [5.74, 6) is 1.10. The zero-order valence-electron chi connectivity index (χ0n) is 14.4. The Morgan fingerprint density at radius 3 is 3.00 bits per heavy atom. The lowest BCUT2D eigenvalue weighted by atomic mass is 10.2. The van der Waals surface area contributed by atoms with Gasteiger partial charge in [0.25, 0.3) is 0 Å². The second-order valence-corrected chi connectivity index (χ2v) is 6.68. The van der Waals surface area contributed by atoms with Crippen LogP contribution >= 0.6 is 0 Å². The fourth-order valence-electron chi connectivity index (χ4n) is 3.41. The van der Waals surface area contributed by atoms with Gasteiger partial charge >= 0.3 is 0 Å². The zero-order valence-corrected chi connectivity index (χ0v) is 14.4.